The predicted molar refractivity (Wildman–Crippen MR) is 125 cm³/mol. The van der Waals surface area contributed by atoms with Gasteiger partial charge in [-0.25, -0.2) is 0 Å². The summed E-state index contributed by atoms with van der Waals surface area (Å²) in [7, 11) is 5.17. The molecule has 7 nitrogen and oxygen atoms in total. The summed E-state index contributed by atoms with van der Waals surface area (Å²) in [6, 6.07) is 7.68. The number of aliphatic imine (C=N–C) groups is 1. The quantitative estimate of drug-likeness (QED) is 0.209. The Kier molecular flexibility index (Phi) is 14.5. The van der Waals surface area contributed by atoms with Crippen LogP contribution in [0.3, 0.4) is 0 Å². The lowest BCUT2D eigenvalue weighted by atomic mass is 10.2. The van der Waals surface area contributed by atoms with Crippen molar-refractivity contribution in [2.24, 2.45) is 10.9 Å². The zero-order chi connectivity index (χ0) is 20.1. The number of nitrogens with zero attached hydrogens (tertiary/aromatic N) is 2. The SMILES string of the molecule is CN=C(NCCCOCC(C)C)NCc1cccc(OCC(=O)N(C)C)c1.I. The Bertz CT molecular complexity index is 595. The molecule has 0 aliphatic heterocycles. The molecule has 2 N–H and O–H groups in total. The molecule has 0 saturated carbocycles. The first-order chi connectivity index (χ1) is 12.9. The molecule has 1 aromatic rings. The minimum absolute atomic E-state index is 0. The van der Waals surface area contributed by atoms with Crippen molar-refractivity contribution in [3.8, 4) is 5.75 Å². The number of ether oxygens (including phenoxy) is 2. The third kappa shape index (κ3) is 12.0. The number of guanidine groups is 1. The topological polar surface area (TPSA) is 75.2 Å². The Labute approximate surface area is 186 Å². The maximum Gasteiger partial charge on any atom is 0.259 e. The van der Waals surface area contributed by atoms with E-state index in [0.29, 0.717) is 18.2 Å². The van der Waals surface area contributed by atoms with E-state index >= 15 is 0 Å². The van der Waals surface area contributed by atoms with Crippen LogP contribution in [0.2, 0.25) is 0 Å². The molecule has 0 aromatic heterocycles. The molecule has 0 radical (unpaired) electrons. The molecule has 0 atom stereocenters. The lowest BCUT2D eigenvalue weighted by molar-refractivity contribution is -0.130. The molecule has 1 rings (SSSR count). The highest BCUT2D eigenvalue weighted by Crippen LogP contribution is 2.13. The Hall–Kier alpha value is -1.55. The molecule has 0 bridgehead atoms. The smallest absolute Gasteiger partial charge is 0.259 e. The summed E-state index contributed by atoms with van der Waals surface area (Å²) < 4.78 is 11.1. The van der Waals surface area contributed by atoms with Crippen LogP contribution in [-0.2, 0) is 16.1 Å². The number of carbonyl (C=O) groups excluding carboxylic acids is 1. The standard InChI is InChI=1S/C20H34N4O3.HI/c1-16(2)14-26-11-7-10-22-20(21-3)23-13-17-8-6-9-18(12-17)27-15-19(25)24(4)5;/h6,8-9,12,16H,7,10-11,13-15H2,1-5H3,(H2,21,22,23);1H. The molecule has 0 heterocycles. The number of likely N-dealkylation sites (N-methyl/N-ethyl adjacent to an activating group) is 1. The summed E-state index contributed by atoms with van der Waals surface area (Å²) in [5.74, 6) is 1.91. The van der Waals surface area contributed by atoms with Crippen LogP contribution in [0.25, 0.3) is 0 Å². The van der Waals surface area contributed by atoms with E-state index in [0.717, 1.165) is 37.7 Å². The van der Waals surface area contributed by atoms with E-state index in [-0.39, 0.29) is 36.5 Å². The maximum atomic E-state index is 11.6. The van der Waals surface area contributed by atoms with Crippen molar-refractivity contribution in [1.82, 2.24) is 15.5 Å². The Morgan fingerprint density at radius 2 is 2.00 bits per heavy atom. The predicted octanol–water partition coefficient (Wildman–Crippen LogP) is 2.50. The summed E-state index contributed by atoms with van der Waals surface area (Å²) in [5, 5.41) is 6.54. The summed E-state index contributed by atoms with van der Waals surface area (Å²) >= 11 is 0. The normalized spacial score (nSPS) is 11.0. The Balaban J connectivity index is 0.00000729. The lowest BCUT2D eigenvalue weighted by Gasteiger charge is -2.14. The second kappa shape index (κ2) is 15.4. The van der Waals surface area contributed by atoms with Crippen LogP contribution in [0.1, 0.15) is 25.8 Å². The lowest BCUT2D eigenvalue weighted by Crippen LogP contribution is -2.37. The van der Waals surface area contributed by atoms with E-state index in [1.807, 2.05) is 24.3 Å². The fourth-order valence-corrected chi connectivity index (χ4v) is 2.13. The van der Waals surface area contributed by atoms with Crippen molar-refractivity contribution in [2.75, 3.05) is 47.5 Å². The third-order valence-corrected chi connectivity index (χ3v) is 3.65. The van der Waals surface area contributed by atoms with E-state index in [1.165, 1.54) is 4.90 Å². The van der Waals surface area contributed by atoms with Gasteiger partial charge in [-0.1, -0.05) is 26.0 Å². The van der Waals surface area contributed by atoms with Gasteiger partial charge < -0.3 is 25.0 Å². The molecule has 0 unspecified atom stereocenters. The van der Waals surface area contributed by atoms with Gasteiger partial charge in [0.15, 0.2) is 12.6 Å². The summed E-state index contributed by atoms with van der Waals surface area (Å²) in [6.07, 6.45) is 0.927. The molecular weight excluding hydrogens is 471 g/mol. The van der Waals surface area contributed by atoms with Gasteiger partial charge in [0.1, 0.15) is 5.75 Å². The third-order valence-electron chi connectivity index (χ3n) is 3.65. The van der Waals surface area contributed by atoms with E-state index in [9.17, 15) is 4.79 Å². The van der Waals surface area contributed by atoms with Gasteiger partial charge in [-0.15, -0.1) is 24.0 Å². The number of amides is 1. The fourth-order valence-electron chi connectivity index (χ4n) is 2.13. The molecule has 8 heteroatoms. The average molecular weight is 506 g/mol. The van der Waals surface area contributed by atoms with Crippen LogP contribution < -0.4 is 15.4 Å². The largest absolute Gasteiger partial charge is 0.484 e. The molecular formula is C20H35IN4O3. The number of halogens is 1. The number of rotatable bonds is 11. The van der Waals surface area contributed by atoms with Crippen molar-refractivity contribution < 1.29 is 14.3 Å². The number of nitrogens with one attached hydrogen (secondary N) is 2. The first kappa shape index (κ1) is 26.4. The van der Waals surface area contributed by atoms with Crippen molar-refractivity contribution in [2.45, 2.75) is 26.8 Å². The zero-order valence-electron chi connectivity index (χ0n) is 17.7. The molecule has 1 amide bonds. The van der Waals surface area contributed by atoms with Crippen LogP contribution in [0.15, 0.2) is 29.3 Å². The number of benzene rings is 1. The fraction of sp³-hybridized carbons (Fsp3) is 0.600. The van der Waals surface area contributed by atoms with Crippen molar-refractivity contribution in [1.29, 1.82) is 0 Å². The van der Waals surface area contributed by atoms with Crippen molar-refractivity contribution in [3.05, 3.63) is 29.8 Å². The highest BCUT2D eigenvalue weighted by molar-refractivity contribution is 14.0. The van der Waals surface area contributed by atoms with Crippen LogP contribution in [0.4, 0.5) is 0 Å². The van der Waals surface area contributed by atoms with Crippen molar-refractivity contribution in [3.63, 3.8) is 0 Å². The summed E-state index contributed by atoms with van der Waals surface area (Å²) in [4.78, 5) is 17.3. The van der Waals surface area contributed by atoms with E-state index in [2.05, 4.69) is 29.5 Å². The van der Waals surface area contributed by atoms with Gasteiger partial charge in [0.05, 0.1) is 0 Å². The van der Waals surface area contributed by atoms with Crippen LogP contribution >= 0.6 is 24.0 Å². The van der Waals surface area contributed by atoms with Crippen LogP contribution in [-0.4, -0.2) is 64.3 Å². The second-order valence-corrected chi connectivity index (χ2v) is 6.90. The van der Waals surface area contributed by atoms with Crippen molar-refractivity contribution >= 4 is 35.8 Å². The molecule has 28 heavy (non-hydrogen) atoms. The number of hydrogen-bond acceptors (Lipinski definition) is 4. The molecule has 0 saturated heterocycles. The van der Waals surface area contributed by atoms with Gasteiger partial charge in [-0.3, -0.25) is 9.79 Å². The highest BCUT2D eigenvalue weighted by Gasteiger charge is 2.05. The van der Waals surface area contributed by atoms with E-state index in [4.69, 9.17) is 9.47 Å². The molecule has 1 aromatic carbocycles. The summed E-state index contributed by atoms with van der Waals surface area (Å²) in [5.41, 5.74) is 1.05. The number of carbonyl (C=O) groups is 1. The van der Waals surface area contributed by atoms with E-state index < -0.39 is 0 Å². The second-order valence-electron chi connectivity index (χ2n) is 6.90. The molecule has 0 aliphatic carbocycles. The minimum atomic E-state index is -0.0690. The Morgan fingerprint density at radius 1 is 1.25 bits per heavy atom. The average Bonchev–Trinajstić information content (AvgIpc) is 2.64. The highest BCUT2D eigenvalue weighted by atomic mass is 127. The van der Waals surface area contributed by atoms with E-state index in [1.54, 1.807) is 21.1 Å². The monoisotopic (exact) mass is 506 g/mol. The molecule has 0 spiro atoms. The zero-order valence-corrected chi connectivity index (χ0v) is 20.0. The maximum absolute atomic E-state index is 11.6. The van der Waals surface area contributed by atoms with Gasteiger partial charge in [-0.2, -0.15) is 0 Å². The molecule has 0 fully saturated rings. The van der Waals surface area contributed by atoms with Gasteiger partial charge in [0.2, 0.25) is 0 Å². The first-order valence-corrected chi connectivity index (χ1v) is 9.36. The summed E-state index contributed by atoms with van der Waals surface area (Å²) in [6.45, 7) is 7.27. The van der Waals surface area contributed by atoms with Gasteiger partial charge in [-0.05, 0) is 30.0 Å². The van der Waals surface area contributed by atoms with Crippen LogP contribution in [0, 0.1) is 5.92 Å². The van der Waals surface area contributed by atoms with Gasteiger partial charge in [0, 0.05) is 47.4 Å². The van der Waals surface area contributed by atoms with Gasteiger partial charge in [0.25, 0.3) is 5.91 Å². The number of hydrogen-bond donors (Lipinski definition) is 2. The first-order valence-electron chi connectivity index (χ1n) is 9.36. The molecule has 0 aliphatic rings. The molecule has 160 valence electrons. The Morgan fingerprint density at radius 3 is 2.64 bits per heavy atom. The van der Waals surface area contributed by atoms with Crippen LogP contribution in [0.5, 0.6) is 5.75 Å². The van der Waals surface area contributed by atoms with Gasteiger partial charge >= 0.3 is 0 Å². The minimum Gasteiger partial charge on any atom is -0.484 e.